The number of aliphatic hydroxyl groups excluding tert-OH is 1. The number of hydrogen-bond donors (Lipinski definition) is 1. The summed E-state index contributed by atoms with van der Waals surface area (Å²) in [5.41, 5.74) is 2.33. The highest BCUT2D eigenvalue weighted by molar-refractivity contribution is 6.06. The third-order valence-electron chi connectivity index (χ3n) is 6.55. The molecule has 6 heteroatoms. The van der Waals surface area contributed by atoms with E-state index in [9.17, 15) is 14.3 Å². The molecule has 3 aromatic rings. The molecule has 31 heavy (non-hydrogen) atoms. The van der Waals surface area contributed by atoms with Crippen LogP contribution in [-0.4, -0.2) is 46.2 Å². The maximum absolute atomic E-state index is 13.4. The van der Waals surface area contributed by atoms with Crippen LogP contribution in [0.15, 0.2) is 54.6 Å². The molecule has 2 aromatic carbocycles. The second-order valence-electron chi connectivity index (χ2n) is 8.71. The summed E-state index contributed by atoms with van der Waals surface area (Å²) in [4.78, 5) is 19.9. The number of carbonyl (C=O) groups excluding carboxylic acids is 1. The Bertz CT molecular complexity index is 1120. The fourth-order valence-corrected chi connectivity index (χ4v) is 5.03. The molecule has 1 N–H and O–H groups in total. The predicted molar refractivity (Wildman–Crippen MR) is 115 cm³/mol. The summed E-state index contributed by atoms with van der Waals surface area (Å²) in [6, 6.07) is 15.4. The lowest BCUT2D eigenvalue weighted by atomic mass is 9.78. The molecule has 2 fully saturated rings. The van der Waals surface area contributed by atoms with Gasteiger partial charge in [-0.1, -0.05) is 18.2 Å². The third kappa shape index (κ3) is 3.88. The summed E-state index contributed by atoms with van der Waals surface area (Å²) in [7, 11) is 0. The first kappa shape index (κ1) is 19.9. The Balaban J connectivity index is 1.33. The van der Waals surface area contributed by atoms with Gasteiger partial charge in [0.05, 0.1) is 17.2 Å². The van der Waals surface area contributed by atoms with Crippen LogP contribution in [0.2, 0.25) is 0 Å². The number of fused-ring (bicyclic) bond motifs is 2. The summed E-state index contributed by atoms with van der Waals surface area (Å²) in [6.07, 6.45) is 0.302. The van der Waals surface area contributed by atoms with Crippen LogP contribution < -0.4 is 4.74 Å². The summed E-state index contributed by atoms with van der Waals surface area (Å²) in [5.74, 6) is 0.767. The van der Waals surface area contributed by atoms with Gasteiger partial charge in [-0.05, 0) is 68.0 Å². The van der Waals surface area contributed by atoms with E-state index in [0.717, 1.165) is 16.6 Å². The fraction of sp³-hybridized carbons (Fsp3) is 0.360. The van der Waals surface area contributed by atoms with Gasteiger partial charge in [0.2, 0.25) is 0 Å². The molecule has 1 saturated carbocycles. The van der Waals surface area contributed by atoms with Crippen LogP contribution in [0.5, 0.6) is 5.75 Å². The number of rotatable bonds is 3. The molecule has 2 heterocycles. The lowest BCUT2D eigenvalue weighted by molar-refractivity contribution is -0.0231. The van der Waals surface area contributed by atoms with Crippen LogP contribution in [0, 0.1) is 24.6 Å². The number of ether oxygens (including phenoxy) is 1. The van der Waals surface area contributed by atoms with Crippen LogP contribution in [0.25, 0.3) is 10.9 Å². The number of carbonyl (C=O) groups is 1. The molecule has 0 radical (unpaired) electrons. The first-order valence-corrected chi connectivity index (χ1v) is 10.7. The zero-order valence-corrected chi connectivity index (χ0v) is 17.4. The number of benzene rings is 2. The monoisotopic (exact) mass is 420 g/mol. The maximum Gasteiger partial charge on any atom is 0.254 e. The Hall–Kier alpha value is -2.99. The average Bonchev–Trinajstić information content (AvgIpc) is 3.17. The van der Waals surface area contributed by atoms with Crippen molar-refractivity contribution in [1.82, 2.24) is 9.88 Å². The highest BCUT2D eigenvalue weighted by atomic mass is 19.1. The number of aromatic nitrogens is 1. The SMILES string of the molecule is Cc1cc(C(=O)N2C[C@H]3C[C@@H](Oc4ccc(F)cc4)[C@H](O)C[C@H]3C2)c2ccccc2n1. The van der Waals surface area contributed by atoms with E-state index < -0.39 is 6.10 Å². The molecule has 1 aromatic heterocycles. The van der Waals surface area contributed by atoms with Crippen LogP contribution in [0.4, 0.5) is 4.39 Å². The van der Waals surface area contributed by atoms with E-state index in [1.807, 2.05) is 42.2 Å². The molecule has 2 aliphatic rings. The Labute approximate surface area is 180 Å². The summed E-state index contributed by atoms with van der Waals surface area (Å²) >= 11 is 0. The highest BCUT2D eigenvalue weighted by Crippen LogP contribution is 2.39. The minimum absolute atomic E-state index is 0.0154. The number of pyridine rings is 1. The molecule has 0 bridgehead atoms. The van der Waals surface area contributed by atoms with Gasteiger partial charge in [-0.2, -0.15) is 0 Å². The zero-order valence-electron chi connectivity index (χ0n) is 17.4. The van der Waals surface area contributed by atoms with Crippen LogP contribution in [0.3, 0.4) is 0 Å². The molecule has 0 spiro atoms. The zero-order chi connectivity index (χ0) is 21.5. The summed E-state index contributed by atoms with van der Waals surface area (Å²) in [6.45, 7) is 3.19. The number of aryl methyl sites for hydroxylation is 1. The first-order chi connectivity index (χ1) is 15.0. The molecule has 1 aliphatic heterocycles. The van der Waals surface area contributed by atoms with Crippen molar-refractivity contribution in [3.8, 4) is 5.75 Å². The van der Waals surface area contributed by atoms with E-state index >= 15 is 0 Å². The van der Waals surface area contributed by atoms with E-state index in [1.165, 1.54) is 12.1 Å². The Morgan fingerprint density at radius 1 is 1.10 bits per heavy atom. The van der Waals surface area contributed by atoms with Crippen molar-refractivity contribution < 1.29 is 19.0 Å². The quantitative estimate of drug-likeness (QED) is 0.696. The van der Waals surface area contributed by atoms with Crippen molar-refractivity contribution in [2.24, 2.45) is 11.8 Å². The normalized spacial score (nSPS) is 25.5. The number of hydrogen-bond acceptors (Lipinski definition) is 4. The molecule has 5 rings (SSSR count). The van der Waals surface area contributed by atoms with Gasteiger partial charge in [0, 0.05) is 24.2 Å². The molecule has 5 nitrogen and oxygen atoms in total. The lowest BCUT2D eigenvalue weighted by Crippen LogP contribution is -2.42. The predicted octanol–water partition coefficient (Wildman–Crippen LogP) is 3.97. The van der Waals surface area contributed by atoms with E-state index in [-0.39, 0.29) is 29.7 Å². The topological polar surface area (TPSA) is 62.7 Å². The van der Waals surface area contributed by atoms with Gasteiger partial charge in [-0.15, -0.1) is 0 Å². The van der Waals surface area contributed by atoms with Crippen LogP contribution >= 0.6 is 0 Å². The standard InChI is InChI=1S/C25H25FN2O3/c1-15-10-21(20-4-2-3-5-22(20)27-15)25(30)28-13-16-11-23(29)24(12-17(16)14-28)31-19-8-6-18(26)7-9-19/h2-10,16-17,23-24,29H,11-14H2,1H3/t16-,17+,23+,24+/m0/s1. The smallest absolute Gasteiger partial charge is 0.254 e. The van der Waals surface area contributed by atoms with Crippen molar-refractivity contribution in [3.05, 3.63) is 71.7 Å². The first-order valence-electron chi connectivity index (χ1n) is 10.7. The van der Waals surface area contributed by atoms with Crippen molar-refractivity contribution in [1.29, 1.82) is 0 Å². The number of likely N-dealkylation sites (tertiary alicyclic amines) is 1. The minimum Gasteiger partial charge on any atom is -0.488 e. The minimum atomic E-state index is -0.606. The van der Waals surface area contributed by atoms with E-state index in [0.29, 0.717) is 37.2 Å². The third-order valence-corrected chi connectivity index (χ3v) is 6.55. The van der Waals surface area contributed by atoms with Gasteiger partial charge in [0.1, 0.15) is 17.7 Å². The van der Waals surface area contributed by atoms with Gasteiger partial charge in [-0.3, -0.25) is 9.78 Å². The van der Waals surface area contributed by atoms with Crippen LogP contribution in [0.1, 0.15) is 28.9 Å². The molecule has 1 saturated heterocycles. The molecule has 4 atom stereocenters. The van der Waals surface area contributed by atoms with Crippen molar-refractivity contribution >= 4 is 16.8 Å². The fourth-order valence-electron chi connectivity index (χ4n) is 5.03. The largest absolute Gasteiger partial charge is 0.488 e. The van der Waals surface area contributed by atoms with Crippen molar-refractivity contribution in [2.75, 3.05) is 13.1 Å². The highest BCUT2D eigenvalue weighted by Gasteiger charge is 2.44. The number of halogens is 1. The Kier molecular flexibility index (Phi) is 5.10. The van der Waals surface area contributed by atoms with Gasteiger partial charge in [0.15, 0.2) is 0 Å². The Morgan fingerprint density at radius 2 is 1.81 bits per heavy atom. The number of aliphatic hydroxyl groups is 1. The molecule has 1 amide bonds. The maximum atomic E-state index is 13.4. The molecule has 1 aliphatic carbocycles. The van der Waals surface area contributed by atoms with E-state index in [4.69, 9.17) is 4.74 Å². The van der Waals surface area contributed by atoms with Gasteiger partial charge in [-0.25, -0.2) is 4.39 Å². The molecule has 0 unspecified atom stereocenters. The average molecular weight is 420 g/mol. The van der Waals surface area contributed by atoms with Gasteiger partial charge >= 0.3 is 0 Å². The van der Waals surface area contributed by atoms with Crippen molar-refractivity contribution in [3.63, 3.8) is 0 Å². The van der Waals surface area contributed by atoms with Crippen LogP contribution in [-0.2, 0) is 0 Å². The summed E-state index contributed by atoms with van der Waals surface area (Å²) in [5, 5.41) is 11.5. The number of nitrogens with zero attached hydrogens (tertiary/aromatic N) is 2. The second kappa shape index (κ2) is 7.93. The molecule has 160 valence electrons. The number of amides is 1. The Morgan fingerprint density at radius 3 is 2.58 bits per heavy atom. The van der Waals surface area contributed by atoms with Crippen molar-refractivity contribution in [2.45, 2.75) is 32.0 Å². The van der Waals surface area contributed by atoms with E-state index in [1.54, 1.807) is 12.1 Å². The van der Waals surface area contributed by atoms with E-state index in [2.05, 4.69) is 4.98 Å². The second-order valence-corrected chi connectivity index (χ2v) is 8.71. The van der Waals surface area contributed by atoms with Gasteiger partial charge in [0.25, 0.3) is 5.91 Å². The van der Waals surface area contributed by atoms with Gasteiger partial charge < -0.3 is 14.7 Å². The lowest BCUT2D eigenvalue weighted by Gasteiger charge is -2.35. The summed E-state index contributed by atoms with van der Waals surface area (Å²) < 4.78 is 19.1. The molecular formula is C25H25FN2O3. The number of para-hydroxylation sites is 1. The molecular weight excluding hydrogens is 395 g/mol.